The van der Waals surface area contributed by atoms with Gasteiger partial charge >= 0.3 is 0 Å². The molecular formula is C11H20ClN3. The molecule has 0 aliphatic rings. The van der Waals surface area contributed by atoms with Crippen LogP contribution in [0.1, 0.15) is 27.2 Å². The van der Waals surface area contributed by atoms with E-state index in [0.717, 1.165) is 19.5 Å². The molecule has 0 aliphatic carbocycles. The zero-order chi connectivity index (χ0) is 11.3. The number of aromatic nitrogens is 2. The number of aryl methyl sites for hydroxylation is 1. The highest BCUT2D eigenvalue weighted by atomic mass is 35.5. The van der Waals surface area contributed by atoms with Crippen LogP contribution in [0, 0.1) is 0 Å². The second kappa shape index (κ2) is 5.52. The van der Waals surface area contributed by atoms with E-state index in [9.17, 15) is 0 Å². The van der Waals surface area contributed by atoms with Crippen LogP contribution in [0.25, 0.3) is 0 Å². The van der Waals surface area contributed by atoms with Crippen molar-refractivity contribution in [1.82, 2.24) is 14.9 Å². The smallest absolute Gasteiger partial charge is 0.0945 e. The fourth-order valence-electron chi connectivity index (χ4n) is 1.23. The summed E-state index contributed by atoms with van der Waals surface area (Å²) in [6.45, 7) is 8.25. The van der Waals surface area contributed by atoms with Gasteiger partial charge in [-0.1, -0.05) is 0 Å². The highest BCUT2D eigenvalue weighted by Gasteiger charge is 2.22. The van der Waals surface area contributed by atoms with Crippen LogP contribution in [0.2, 0.25) is 0 Å². The van der Waals surface area contributed by atoms with E-state index in [-0.39, 0.29) is 10.9 Å². The number of imidazole rings is 1. The average molecular weight is 230 g/mol. The van der Waals surface area contributed by atoms with Crippen molar-refractivity contribution in [2.24, 2.45) is 0 Å². The molecule has 4 heteroatoms. The van der Waals surface area contributed by atoms with Gasteiger partial charge < -0.3 is 9.88 Å². The minimum Gasteiger partial charge on any atom is -0.337 e. The lowest BCUT2D eigenvalue weighted by Gasteiger charge is -2.29. The van der Waals surface area contributed by atoms with Crippen molar-refractivity contribution in [3.63, 3.8) is 0 Å². The second-order valence-corrected chi connectivity index (χ2v) is 5.07. The Morgan fingerprint density at radius 3 is 2.80 bits per heavy atom. The van der Waals surface area contributed by atoms with Gasteiger partial charge in [-0.25, -0.2) is 4.98 Å². The van der Waals surface area contributed by atoms with E-state index >= 15 is 0 Å². The zero-order valence-electron chi connectivity index (χ0n) is 9.70. The fraction of sp³-hybridized carbons (Fsp3) is 0.727. The van der Waals surface area contributed by atoms with Crippen molar-refractivity contribution in [3.8, 4) is 0 Å². The summed E-state index contributed by atoms with van der Waals surface area (Å²) in [7, 11) is 0. The molecule has 0 saturated heterocycles. The molecule has 0 amide bonds. The number of rotatable bonds is 6. The normalized spacial score (nSPS) is 14.1. The Morgan fingerprint density at radius 1 is 1.53 bits per heavy atom. The van der Waals surface area contributed by atoms with Gasteiger partial charge in [0, 0.05) is 29.9 Å². The quantitative estimate of drug-likeness (QED) is 0.599. The van der Waals surface area contributed by atoms with Crippen molar-refractivity contribution in [3.05, 3.63) is 18.7 Å². The van der Waals surface area contributed by atoms with Crippen LogP contribution in [-0.4, -0.2) is 27.0 Å². The number of hydrogen-bond donors (Lipinski definition) is 1. The molecule has 0 saturated carbocycles. The molecule has 3 nitrogen and oxygen atoms in total. The summed E-state index contributed by atoms with van der Waals surface area (Å²) in [6.07, 6.45) is 6.71. The van der Waals surface area contributed by atoms with E-state index in [2.05, 4.69) is 28.7 Å². The van der Waals surface area contributed by atoms with Gasteiger partial charge in [0.2, 0.25) is 0 Å². The van der Waals surface area contributed by atoms with Crippen LogP contribution >= 0.6 is 11.6 Å². The SMILES string of the molecule is CC(Cl)C(C)(C)NCCCn1ccnc1. The summed E-state index contributed by atoms with van der Waals surface area (Å²) in [5.41, 5.74) is -0.00348. The van der Waals surface area contributed by atoms with Gasteiger partial charge in [-0.3, -0.25) is 0 Å². The van der Waals surface area contributed by atoms with Crippen LogP contribution in [0.4, 0.5) is 0 Å². The summed E-state index contributed by atoms with van der Waals surface area (Å²) in [5.74, 6) is 0. The van der Waals surface area contributed by atoms with E-state index < -0.39 is 0 Å². The Bertz CT molecular complexity index is 267. The first-order valence-corrected chi connectivity index (χ1v) is 5.81. The molecule has 86 valence electrons. The van der Waals surface area contributed by atoms with Crippen LogP contribution in [0.5, 0.6) is 0 Å². The van der Waals surface area contributed by atoms with E-state index in [1.807, 2.05) is 19.4 Å². The molecule has 0 aromatic carbocycles. The van der Waals surface area contributed by atoms with Crippen molar-refractivity contribution in [2.45, 2.75) is 44.7 Å². The predicted molar refractivity (Wildman–Crippen MR) is 64.2 cm³/mol. The largest absolute Gasteiger partial charge is 0.337 e. The molecule has 0 radical (unpaired) electrons. The molecule has 0 bridgehead atoms. The molecule has 0 spiro atoms. The average Bonchev–Trinajstić information content (AvgIpc) is 2.64. The molecule has 1 unspecified atom stereocenters. The van der Waals surface area contributed by atoms with E-state index in [1.165, 1.54) is 0 Å². The van der Waals surface area contributed by atoms with Crippen molar-refractivity contribution >= 4 is 11.6 Å². The van der Waals surface area contributed by atoms with Gasteiger partial charge in [0.15, 0.2) is 0 Å². The lowest BCUT2D eigenvalue weighted by atomic mass is 10.0. The minimum atomic E-state index is -0.00348. The molecule has 1 aromatic rings. The van der Waals surface area contributed by atoms with Crippen LogP contribution in [0.15, 0.2) is 18.7 Å². The number of nitrogens with zero attached hydrogens (tertiary/aromatic N) is 2. The van der Waals surface area contributed by atoms with Crippen LogP contribution < -0.4 is 5.32 Å². The fourth-order valence-corrected chi connectivity index (χ4v) is 1.31. The molecule has 15 heavy (non-hydrogen) atoms. The van der Waals surface area contributed by atoms with Gasteiger partial charge in [0.1, 0.15) is 0 Å². The van der Waals surface area contributed by atoms with E-state index in [1.54, 1.807) is 6.20 Å². The topological polar surface area (TPSA) is 29.9 Å². The molecule has 1 N–H and O–H groups in total. The molecule has 0 aliphatic heterocycles. The maximum Gasteiger partial charge on any atom is 0.0945 e. The van der Waals surface area contributed by atoms with Crippen LogP contribution in [-0.2, 0) is 6.54 Å². The standard InChI is InChI=1S/C11H20ClN3/c1-10(12)11(2,3)14-5-4-7-15-8-6-13-9-15/h6,8-10,14H,4-5,7H2,1-3H3. The Hall–Kier alpha value is -0.540. The Balaban J connectivity index is 2.17. The number of halogens is 1. The van der Waals surface area contributed by atoms with Gasteiger partial charge in [-0.05, 0) is 33.7 Å². The predicted octanol–water partition coefficient (Wildman–Crippen LogP) is 2.27. The second-order valence-electron chi connectivity index (χ2n) is 4.42. The van der Waals surface area contributed by atoms with E-state index in [0.29, 0.717) is 0 Å². The molecule has 1 aromatic heterocycles. The first-order chi connectivity index (χ1) is 7.02. The molecular weight excluding hydrogens is 210 g/mol. The third kappa shape index (κ3) is 4.22. The number of alkyl halides is 1. The monoisotopic (exact) mass is 229 g/mol. The van der Waals surface area contributed by atoms with Gasteiger partial charge in [0.05, 0.1) is 6.33 Å². The number of hydrogen-bond acceptors (Lipinski definition) is 2. The van der Waals surface area contributed by atoms with Gasteiger partial charge in [0.25, 0.3) is 0 Å². The maximum absolute atomic E-state index is 6.07. The highest BCUT2D eigenvalue weighted by molar-refractivity contribution is 6.21. The Kier molecular flexibility index (Phi) is 4.61. The summed E-state index contributed by atoms with van der Waals surface area (Å²) >= 11 is 6.07. The lowest BCUT2D eigenvalue weighted by molar-refractivity contribution is 0.374. The van der Waals surface area contributed by atoms with Gasteiger partial charge in [-0.15, -0.1) is 11.6 Å². The van der Waals surface area contributed by atoms with Crippen molar-refractivity contribution in [2.75, 3.05) is 6.54 Å². The summed E-state index contributed by atoms with van der Waals surface area (Å²) < 4.78 is 2.08. The molecule has 1 atom stereocenters. The lowest BCUT2D eigenvalue weighted by Crippen LogP contribution is -2.46. The summed E-state index contributed by atoms with van der Waals surface area (Å²) in [6, 6.07) is 0. The summed E-state index contributed by atoms with van der Waals surface area (Å²) in [4.78, 5) is 4.00. The third-order valence-corrected chi connectivity index (χ3v) is 3.27. The number of nitrogens with one attached hydrogen (secondary N) is 1. The maximum atomic E-state index is 6.07. The first kappa shape index (κ1) is 12.5. The highest BCUT2D eigenvalue weighted by Crippen LogP contribution is 2.14. The van der Waals surface area contributed by atoms with Crippen molar-refractivity contribution < 1.29 is 0 Å². The zero-order valence-corrected chi connectivity index (χ0v) is 10.5. The molecule has 0 fully saturated rings. The first-order valence-electron chi connectivity index (χ1n) is 5.37. The Morgan fingerprint density at radius 2 is 2.27 bits per heavy atom. The molecule has 1 rings (SSSR count). The minimum absolute atomic E-state index is 0.00348. The van der Waals surface area contributed by atoms with Gasteiger partial charge in [-0.2, -0.15) is 0 Å². The molecule has 1 heterocycles. The third-order valence-electron chi connectivity index (χ3n) is 2.73. The van der Waals surface area contributed by atoms with Crippen LogP contribution in [0.3, 0.4) is 0 Å². The summed E-state index contributed by atoms with van der Waals surface area (Å²) in [5, 5.41) is 3.59. The van der Waals surface area contributed by atoms with E-state index in [4.69, 9.17) is 11.6 Å². The van der Waals surface area contributed by atoms with Crippen molar-refractivity contribution in [1.29, 1.82) is 0 Å². The Labute approximate surface area is 96.8 Å².